The summed E-state index contributed by atoms with van der Waals surface area (Å²) >= 11 is 1.84. The number of hydrogen-bond acceptors (Lipinski definition) is 5. The fourth-order valence-corrected chi connectivity index (χ4v) is 2.93. The number of rotatable bonds is 1. The molecule has 5 heteroatoms. The smallest absolute Gasteiger partial charge is 0.104 e. The Morgan fingerprint density at radius 3 is 1.61 bits per heavy atom. The van der Waals surface area contributed by atoms with Crippen LogP contribution in [0.15, 0.2) is 0 Å². The molecule has 0 unspecified atom stereocenters. The van der Waals surface area contributed by atoms with Crippen molar-refractivity contribution in [2.45, 2.75) is 86.9 Å². The van der Waals surface area contributed by atoms with Gasteiger partial charge < -0.3 is 20.1 Å². The number of hydrogen-bond donors (Lipinski definition) is 3. The van der Waals surface area contributed by atoms with Crippen molar-refractivity contribution in [1.82, 2.24) is 0 Å². The lowest BCUT2D eigenvalue weighted by molar-refractivity contribution is 0.120. The maximum absolute atomic E-state index is 8.98. The molecule has 0 saturated carbocycles. The highest BCUT2D eigenvalue weighted by atomic mass is 32.2. The van der Waals surface area contributed by atoms with Crippen LogP contribution in [0.4, 0.5) is 0 Å². The van der Waals surface area contributed by atoms with Gasteiger partial charge in [0.25, 0.3) is 0 Å². The lowest BCUT2D eigenvalue weighted by Crippen LogP contribution is -2.13. The van der Waals surface area contributed by atoms with E-state index in [2.05, 4.69) is 60.3 Å². The van der Waals surface area contributed by atoms with E-state index >= 15 is 0 Å². The summed E-state index contributed by atoms with van der Waals surface area (Å²) in [4.78, 5) is 0. The van der Waals surface area contributed by atoms with E-state index in [0.29, 0.717) is 24.4 Å². The Morgan fingerprint density at radius 2 is 1.43 bits per heavy atom. The van der Waals surface area contributed by atoms with Gasteiger partial charge in [-0.15, -0.1) is 5.92 Å². The summed E-state index contributed by atoms with van der Waals surface area (Å²) < 4.78 is 4.92. The molecule has 0 aromatic carbocycles. The molecule has 0 amide bonds. The number of aliphatic hydroxyl groups excluding tert-OH is 3. The third kappa shape index (κ3) is 25.8. The van der Waals surface area contributed by atoms with Crippen LogP contribution in [0.5, 0.6) is 0 Å². The second-order valence-corrected chi connectivity index (χ2v) is 8.76. The van der Waals surface area contributed by atoms with E-state index < -0.39 is 0 Å². The van der Waals surface area contributed by atoms with Gasteiger partial charge in [0.15, 0.2) is 0 Å². The standard InChI is InChI=1S/C7H12O.C5H10O2.C5H10OS.2C3H8/c1-7(2)5-3-4-6-8;2*1-4-2-7-3-5(4)6;2*1-3-2/h7-8H,5-6H2,1-2H3;2*4-6H,2-3H2,1H3;2*3H2,1-2H3/t;2*4-,5-;;/m.11../s1. The van der Waals surface area contributed by atoms with E-state index in [1.807, 2.05) is 18.7 Å². The molecule has 4 nitrogen and oxygen atoms in total. The Labute approximate surface area is 179 Å². The van der Waals surface area contributed by atoms with Crippen LogP contribution in [-0.4, -0.2) is 58.9 Å². The minimum Gasteiger partial charge on any atom is -0.392 e. The molecule has 0 aliphatic carbocycles. The average molecular weight is 421 g/mol. The lowest BCUT2D eigenvalue weighted by Gasteiger charge is -2.02. The van der Waals surface area contributed by atoms with Crippen molar-refractivity contribution in [3.63, 3.8) is 0 Å². The van der Waals surface area contributed by atoms with Gasteiger partial charge >= 0.3 is 0 Å². The van der Waals surface area contributed by atoms with Crippen LogP contribution in [0.2, 0.25) is 0 Å². The molecule has 0 aromatic heterocycles. The largest absolute Gasteiger partial charge is 0.392 e. The molecule has 2 saturated heterocycles. The lowest BCUT2D eigenvalue weighted by atomic mass is 10.1. The predicted molar refractivity (Wildman–Crippen MR) is 125 cm³/mol. The molecule has 4 atom stereocenters. The monoisotopic (exact) mass is 420 g/mol. The van der Waals surface area contributed by atoms with E-state index in [1.165, 1.54) is 12.8 Å². The molecule has 2 fully saturated rings. The number of ether oxygens (including phenoxy) is 1. The van der Waals surface area contributed by atoms with Gasteiger partial charge in [-0.2, -0.15) is 11.8 Å². The molecule has 0 aromatic rings. The molecule has 28 heavy (non-hydrogen) atoms. The van der Waals surface area contributed by atoms with Crippen LogP contribution in [-0.2, 0) is 4.74 Å². The van der Waals surface area contributed by atoms with Gasteiger partial charge in [-0.3, -0.25) is 0 Å². The Balaban J connectivity index is -0.000000294. The van der Waals surface area contributed by atoms with Crippen LogP contribution >= 0.6 is 11.8 Å². The Kier molecular flexibility index (Phi) is 28.7. The molecule has 2 heterocycles. The Hall–Kier alpha value is -0.250. The first kappa shape index (κ1) is 32.4. The molecule has 170 valence electrons. The van der Waals surface area contributed by atoms with Gasteiger partial charge in [-0.05, 0) is 17.6 Å². The van der Waals surface area contributed by atoms with Crippen molar-refractivity contribution < 1.29 is 20.1 Å². The van der Waals surface area contributed by atoms with Crippen LogP contribution < -0.4 is 0 Å². The topological polar surface area (TPSA) is 69.9 Å². The van der Waals surface area contributed by atoms with Crippen molar-refractivity contribution in [3.05, 3.63) is 0 Å². The van der Waals surface area contributed by atoms with Crippen molar-refractivity contribution in [2.24, 2.45) is 17.8 Å². The maximum atomic E-state index is 8.98. The summed E-state index contributed by atoms with van der Waals surface area (Å²) in [6.45, 7) is 18.0. The molecule has 2 aliphatic heterocycles. The summed E-state index contributed by atoms with van der Waals surface area (Å²) in [7, 11) is 0. The van der Waals surface area contributed by atoms with Gasteiger partial charge in [0.05, 0.1) is 25.4 Å². The van der Waals surface area contributed by atoms with E-state index in [0.717, 1.165) is 24.5 Å². The first-order valence-electron chi connectivity index (χ1n) is 10.8. The third-order valence-corrected chi connectivity index (χ3v) is 4.71. The van der Waals surface area contributed by atoms with Gasteiger partial charge in [-0.25, -0.2) is 0 Å². The molecule has 0 bridgehead atoms. The predicted octanol–water partition coefficient (Wildman–Crippen LogP) is 4.60. The fourth-order valence-electron chi connectivity index (χ4n) is 1.63. The second kappa shape index (κ2) is 24.8. The zero-order valence-electron chi connectivity index (χ0n) is 19.7. The molecular weight excluding hydrogens is 372 g/mol. The molecule has 2 rings (SSSR count). The molecule has 0 radical (unpaired) electrons. The van der Waals surface area contributed by atoms with Gasteiger partial charge in [0.2, 0.25) is 0 Å². The quantitative estimate of drug-likeness (QED) is 0.541. The highest BCUT2D eigenvalue weighted by molar-refractivity contribution is 7.99. The fraction of sp³-hybridized carbons (Fsp3) is 0.913. The first-order valence-corrected chi connectivity index (χ1v) is 11.9. The average Bonchev–Trinajstić information content (AvgIpc) is 3.18. The van der Waals surface area contributed by atoms with Crippen LogP contribution in [0, 0.1) is 29.6 Å². The summed E-state index contributed by atoms with van der Waals surface area (Å²) in [6.07, 6.45) is 3.16. The Morgan fingerprint density at radius 1 is 0.893 bits per heavy atom. The summed E-state index contributed by atoms with van der Waals surface area (Å²) in [5.74, 6) is 9.00. The van der Waals surface area contributed by atoms with Crippen molar-refractivity contribution in [2.75, 3.05) is 31.3 Å². The van der Waals surface area contributed by atoms with Crippen molar-refractivity contribution in [3.8, 4) is 11.8 Å². The van der Waals surface area contributed by atoms with Gasteiger partial charge in [0, 0.05) is 18.1 Å². The molecule has 2 aliphatic rings. The zero-order chi connectivity index (χ0) is 22.4. The zero-order valence-corrected chi connectivity index (χ0v) is 20.5. The second-order valence-electron chi connectivity index (χ2n) is 7.69. The normalized spacial score (nSPS) is 24.7. The minimum atomic E-state index is -0.208. The molecular formula is C23H48O4S. The van der Waals surface area contributed by atoms with Gasteiger partial charge in [-0.1, -0.05) is 74.2 Å². The van der Waals surface area contributed by atoms with Crippen LogP contribution in [0.3, 0.4) is 0 Å². The van der Waals surface area contributed by atoms with Crippen LogP contribution in [0.1, 0.15) is 74.7 Å². The summed E-state index contributed by atoms with van der Waals surface area (Å²) in [5.41, 5.74) is 0. The SMILES string of the molecule is CC(C)CC#CCO.CCC.CCC.C[C@@H]1COC[C@H]1O.C[C@@H]1CSC[C@H]1O. The molecule has 0 spiro atoms. The third-order valence-electron chi connectivity index (χ3n) is 3.37. The highest BCUT2D eigenvalue weighted by Crippen LogP contribution is 2.22. The summed E-state index contributed by atoms with van der Waals surface area (Å²) in [5, 5.41) is 26.1. The number of thioether (sulfide) groups is 1. The highest BCUT2D eigenvalue weighted by Gasteiger charge is 2.21. The van der Waals surface area contributed by atoms with E-state index in [4.69, 9.17) is 20.1 Å². The maximum Gasteiger partial charge on any atom is 0.104 e. The molecule has 3 N–H and O–H groups in total. The Bertz CT molecular complexity index is 316. The van der Waals surface area contributed by atoms with Crippen LogP contribution in [0.25, 0.3) is 0 Å². The number of aliphatic hydroxyl groups is 3. The van der Waals surface area contributed by atoms with E-state index in [9.17, 15) is 0 Å². The summed E-state index contributed by atoms with van der Waals surface area (Å²) in [6, 6.07) is 0. The van der Waals surface area contributed by atoms with Crippen molar-refractivity contribution >= 4 is 11.8 Å². The first-order chi connectivity index (χ1) is 13.2. The van der Waals surface area contributed by atoms with E-state index in [-0.39, 0.29) is 18.8 Å². The minimum absolute atomic E-state index is 0.00722. The van der Waals surface area contributed by atoms with E-state index in [1.54, 1.807) is 0 Å². The van der Waals surface area contributed by atoms with Crippen molar-refractivity contribution in [1.29, 1.82) is 0 Å². The van der Waals surface area contributed by atoms with Gasteiger partial charge in [0.1, 0.15) is 6.61 Å².